The molecule has 1 rings (SSSR count). The lowest BCUT2D eigenvalue weighted by Crippen LogP contribution is -2.48. The summed E-state index contributed by atoms with van der Waals surface area (Å²) in [5.74, 6) is 0.559. The van der Waals surface area contributed by atoms with Crippen LogP contribution in [-0.2, 0) is 9.53 Å². The Morgan fingerprint density at radius 1 is 1.10 bits per heavy atom. The minimum absolute atomic E-state index is 0. The van der Waals surface area contributed by atoms with E-state index in [0.717, 1.165) is 31.3 Å². The first-order valence-electron chi connectivity index (χ1n) is 9.85. The second-order valence-corrected chi connectivity index (χ2v) is 8.60. The average Bonchev–Trinajstić information content (AvgIpc) is 2.56. The number of nitrogens with zero attached hydrogens (tertiary/aromatic N) is 2. The predicted molar refractivity (Wildman–Crippen MR) is 128 cm³/mol. The molecule has 3 N–H and O–H groups in total. The summed E-state index contributed by atoms with van der Waals surface area (Å²) in [5.41, 5.74) is 0.492. The number of rotatable bonds is 6. The molecule has 0 aliphatic heterocycles. The number of likely N-dealkylation sites (N-methyl/N-ethyl adjacent to an activating group) is 1. The Morgan fingerprint density at radius 3 is 2.07 bits per heavy atom. The quantitative estimate of drug-likeness (QED) is 0.216. The fourth-order valence-corrected chi connectivity index (χ4v) is 2.72. The number of alkyl carbamates (subject to hydrolysis) is 1. The lowest BCUT2D eigenvalue weighted by atomic mass is 9.91. The fraction of sp³-hybridized carbons (Fsp3) is 0.750. The van der Waals surface area contributed by atoms with Gasteiger partial charge in [-0.2, -0.15) is 0 Å². The van der Waals surface area contributed by atoms with Crippen molar-refractivity contribution in [2.45, 2.75) is 71.1 Å². The van der Waals surface area contributed by atoms with Gasteiger partial charge in [0.15, 0.2) is 5.96 Å². The van der Waals surface area contributed by atoms with Gasteiger partial charge in [0, 0.05) is 32.7 Å². The summed E-state index contributed by atoms with van der Waals surface area (Å²) < 4.78 is 5.32. The van der Waals surface area contributed by atoms with Crippen molar-refractivity contribution in [1.29, 1.82) is 0 Å². The Bertz CT molecular complexity index is 579. The third-order valence-corrected chi connectivity index (χ3v) is 4.22. The van der Waals surface area contributed by atoms with Crippen molar-refractivity contribution in [3.8, 4) is 0 Å². The molecule has 168 valence electrons. The molecule has 1 aliphatic carbocycles. The Labute approximate surface area is 192 Å². The molecule has 9 heteroatoms. The van der Waals surface area contributed by atoms with E-state index in [1.807, 2.05) is 27.7 Å². The molecule has 29 heavy (non-hydrogen) atoms. The highest BCUT2D eigenvalue weighted by Crippen LogP contribution is 2.19. The van der Waals surface area contributed by atoms with Crippen LogP contribution < -0.4 is 16.0 Å². The van der Waals surface area contributed by atoms with Crippen molar-refractivity contribution in [3.63, 3.8) is 0 Å². The maximum Gasteiger partial charge on any atom is 0.407 e. The summed E-state index contributed by atoms with van der Waals surface area (Å²) in [6.45, 7) is 12.1. The molecule has 0 aromatic heterocycles. The van der Waals surface area contributed by atoms with E-state index < -0.39 is 5.60 Å². The molecule has 0 bridgehead atoms. The van der Waals surface area contributed by atoms with Crippen LogP contribution in [0, 0.1) is 0 Å². The van der Waals surface area contributed by atoms with Crippen molar-refractivity contribution in [1.82, 2.24) is 20.9 Å². The third-order valence-electron chi connectivity index (χ3n) is 4.22. The summed E-state index contributed by atoms with van der Waals surface area (Å²) in [6.07, 6.45) is 3.16. The van der Waals surface area contributed by atoms with Gasteiger partial charge >= 0.3 is 6.09 Å². The number of aliphatic imine (C=N–C) groups is 1. The summed E-state index contributed by atoms with van der Waals surface area (Å²) in [5, 5.41) is 9.55. The van der Waals surface area contributed by atoms with Gasteiger partial charge in [-0.25, -0.2) is 9.79 Å². The van der Waals surface area contributed by atoms with Gasteiger partial charge in [0.25, 0.3) is 0 Å². The van der Waals surface area contributed by atoms with E-state index in [1.54, 1.807) is 14.1 Å². The van der Waals surface area contributed by atoms with Crippen LogP contribution in [0.2, 0.25) is 0 Å². The summed E-state index contributed by atoms with van der Waals surface area (Å²) in [4.78, 5) is 29.6. The van der Waals surface area contributed by atoms with Crippen molar-refractivity contribution in [3.05, 3.63) is 12.2 Å². The highest BCUT2D eigenvalue weighted by Gasteiger charge is 2.25. The second-order valence-electron chi connectivity index (χ2n) is 8.60. The number of guanidine groups is 1. The molecule has 1 aliphatic rings. The Kier molecular flexibility index (Phi) is 12.2. The largest absolute Gasteiger partial charge is 0.444 e. The van der Waals surface area contributed by atoms with Gasteiger partial charge in [-0.1, -0.05) is 12.2 Å². The molecule has 0 heterocycles. The normalized spacial score (nSPS) is 19.4. The molecule has 1 saturated carbocycles. The second kappa shape index (κ2) is 12.9. The Balaban J connectivity index is 0.00000784. The first kappa shape index (κ1) is 27.5. The predicted octanol–water partition coefficient (Wildman–Crippen LogP) is 2.64. The molecule has 8 nitrogen and oxygen atoms in total. The summed E-state index contributed by atoms with van der Waals surface area (Å²) in [6, 6.07) is 0.356. The zero-order chi connectivity index (χ0) is 21.3. The number of halogens is 1. The Morgan fingerprint density at radius 2 is 1.62 bits per heavy atom. The molecule has 0 radical (unpaired) electrons. The maximum absolute atomic E-state index is 11.9. The monoisotopic (exact) mass is 523 g/mol. The van der Waals surface area contributed by atoms with E-state index in [9.17, 15) is 9.59 Å². The number of carbonyl (C=O) groups excluding carboxylic acids is 2. The van der Waals surface area contributed by atoms with Crippen LogP contribution in [0.3, 0.4) is 0 Å². The van der Waals surface area contributed by atoms with Crippen molar-refractivity contribution in [2.75, 3.05) is 27.2 Å². The molecule has 0 atom stereocenters. The van der Waals surface area contributed by atoms with Crippen molar-refractivity contribution < 1.29 is 14.3 Å². The fourth-order valence-electron chi connectivity index (χ4n) is 2.72. The van der Waals surface area contributed by atoms with Crippen LogP contribution in [0.1, 0.15) is 53.4 Å². The molecule has 0 unspecified atom stereocenters. The molecule has 1 fully saturated rings. The van der Waals surface area contributed by atoms with Crippen molar-refractivity contribution >= 4 is 41.9 Å². The lowest BCUT2D eigenvalue weighted by Gasteiger charge is -2.31. The van der Waals surface area contributed by atoms with Gasteiger partial charge in [0.2, 0.25) is 5.91 Å². The van der Waals surface area contributed by atoms with E-state index in [2.05, 4.69) is 27.5 Å². The molecule has 0 spiro atoms. The number of nitrogens with one attached hydrogen (secondary N) is 3. The van der Waals surface area contributed by atoms with Crippen LogP contribution in [0.15, 0.2) is 17.1 Å². The summed E-state index contributed by atoms with van der Waals surface area (Å²) >= 11 is 0. The van der Waals surface area contributed by atoms with Gasteiger partial charge < -0.3 is 25.6 Å². The summed E-state index contributed by atoms with van der Waals surface area (Å²) in [7, 11) is 3.43. The van der Waals surface area contributed by atoms with Gasteiger partial charge in [-0.05, 0) is 53.4 Å². The van der Waals surface area contributed by atoms with E-state index in [4.69, 9.17) is 4.74 Å². The minimum Gasteiger partial charge on any atom is -0.444 e. The molecule has 0 aromatic rings. The Hall–Kier alpha value is -1.52. The molecular formula is C20H38IN5O3. The van der Waals surface area contributed by atoms with Crippen molar-refractivity contribution in [2.24, 2.45) is 4.99 Å². The van der Waals surface area contributed by atoms with Crippen LogP contribution in [0.4, 0.5) is 4.79 Å². The van der Waals surface area contributed by atoms with Crippen LogP contribution >= 0.6 is 24.0 Å². The highest BCUT2D eigenvalue weighted by molar-refractivity contribution is 14.0. The smallest absolute Gasteiger partial charge is 0.407 e. The molecule has 0 aromatic carbocycles. The van der Waals surface area contributed by atoms with E-state index >= 15 is 0 Å². The third kappa shape index (κ3) is 12.6. The molecule has 2 amide bonds. The zero-order valence-electron chi connectivity index (χ0n) is 18.6. The van der Waals surface area contributed by atoms with Crippen LogP contribution in [-0.4, -0.2) is 67.7 Å². The zero-order valence-corrected chi connectivity index (χ0v) is 21.0. The lowest BCUT2D eigenvalue weighted by molar-refractivity contribution is -0.127. The number of ether oxygens (including phenoxy) is 1. The number of hydrogen-bond acceptors (Lipinski definition) is 4. The van der Waals surface area contributed by atoms with Gasteiger partial charge in [0.1, 0.15) is 12.1 Å². The SMILES string of the molecule is C=C(C)CNC(=NCC(=O)N(C)C)NC1CCC(NC(=O)OC(C)(C)C)CC1.I. The minimum atomic E-state index is -0.493. The average molecular weight is 523 g/mol. The van der Waals surface area contributed by atoms with Gasteiger partial charge in [-0.15, -0.1) is 24.0 Å². The maximum atomic E-state index is 11.9. The topological polar surface area (TPSA) is 95.1 Å². The van der Waals surface area contributed by atoms with Crippen LogP contribution in [0.25, 0.3) is 0 Å². The van der Waals surface area contributed by atoms with Crippen LogP contribution in [0.5, 0.6) is 0 Å². The van der Waals surface area contributed by atoms with Gasteiger partial charge in [0.05, 0.1) is 0 Å². The first-order valence-corrected chi connectivity index (χ1v) is 9.85. The van der Waals surface area contributed by atoms with E-state index in [1.165, 1.54) is 4.90 Å². The molecular weight excluding hydrogens is 485 g/mol. The number of hydrogen-bond donors (Lipinski definition) is 3. The van der Waals surface area contributed by atoms with E-state index in [0.29, 0.717) is 12.5 Å². The van der Waals surface area contributed by atoms with E-state index in [-0.39, 0.29) is 54.6 Å². The number of carbonyl (C=O) groups is 2. The highest BCUT2D eigenvalue weighted by atomic mass is 127. The molecule has 0 saturated heterocycles. The first-order chi connectivity index (χ1) is 13.0. The number of amides is 2. The van der Waals surface area contributed by atoms with Gasteiger partial charge in [-0.3, -0.25) is 4.79 Å². The standard InChI is InChI=1S/C20H37N5O3.HI/c1-14(2)12-21-18(22-13-17(26)25(6)7)23-15-8-10-16(11-9-15)24-19(27)28-20(3,4)5;/h15-16H,1,8-13H2,2-7H3,(H,24,27)(H2,21,22,23);1H.